The van der Waals surface area contributed by atoms with E-state index in [1.165, 1.54) is 18.2 Å². The predicted molar refractivity (Wildman–Crippen MR) is 62.1 cm³/mol. The Labute approximate surface area is 106 Å². The Morgan fingerprint density at radius 3 is 2.11 bits per heavy atom. The predicted octanol–water partition coefficient (Wildman–Crippen LogP) is 4.24. The van der Waals surface area contributed by atoms with Gasteiger partial charge in [0.1, 0.15) is 17.5 Å². The molecule has 0 fully saturated rings. The zero-order chi connectivity index (χ0) is 13.3. The van der Waals surface area contributed by atoms with Crippen LogP contribution < -0.4 is 0 Å². The van der Waals surface area contributed by atoms with Gasteiger partial charge in [0.25, 0.3) is 0 Å². The zero-order valence-electron chi connectivity index (χ0n) is 8.88. The Morgan fingerprint density at radius 2 is 1.61 bits per heavy atom. The molecule has 0 unspecified atom stereocenters. The number of carbonyl (C=O) groups is 1. The van der Waals surface area contributed by atoms with E-state index in [9.17, 15) is 18.0 Å². The summed E-state index contributed by atoms with van der Waals surface area (Å²) in [4.78, 5) is 10.6. The Hall–Kier alpha value is -1.81. The van der Waals surface area contributed by atoms with Crippen LogP contribution in [-0.4, -0.2) is 6.29 Å². The molecule has 0 saturated carbocycles. The van der Waals surface area contributed by atoms with E-state index in [1.54, 1.807) is 0 Å². The normalized spacial score (nSPS) is 10.4. The number of carbonyl (C=O) groups excluding carboxylic acids is 1. The minimum absolute atomic E-state index is 0.0747. The molecule has 0 saturated heterocycles. The van der Waals surface area contributed by atoms with Crippen molar-refractivity contribution in [1.82, 2.24) is 0 Å². The summed E-state index contributed by atoms with van der Waals surface area (Å²) in [6.45, 7) is 0. The standard InChI is InChI=1S/C13H6ClF3O/c14-10-3-7(1-2-8(10)6-18)13-11(16)4-9(15)5-12(13)17/h1-6H. The topological polar surface area (TPSA) is 17.1 Å². The molecule has 5 heteroatoms. The van der Waals surface area contributed by atoms with Crippen LogP contribution in [0, 0.1) is 17.5 Å². The summed E-state index contributed by atoms with van der Waals surface area (Å²) in [6.07, 6.45) is 0.531. The first kappa shape index (κ1) is 12.6. The number of aldehydes is 1. The van der Waals surface area contributed by atoms with E-state index >= 15 is 0 Å². The van der Waals surface area contributed by atoms with E-state index in [2.05, 4.69) is 0 Å². The lowest BCUT2D eigenvalue weighted by Crippen LogP contribution is -1.93. The maximum Gasteiger partial charge on any atom is 0.151 e. The van der Waals surface area contributed by atoms with Crippen molar-refractivity contribution in [3.63, 3.8) is 0 Å². The van der Waals surface area contributed by atoms with E-state index in [-0.39, 0.29) is 21.7 Å². The summed E-state index contributed by atoms with van der Waals surface area (Å²) < 4.78 is 39.8. The van der Waals surface area contributed by atoms with Gasteiger partial charge >= 0.3 is 0 Å². The second-order valence-corrected chi connectivity index (χ2v) is 4.01. The van der Waals surface area contributed by atoms with Crippen molar-refractivity contribution < 1.29 is 18.0 Å². The molecule has 2 rings (SSSR count). The van der Waals surface area contributed by atoms with E-state index in [0.29, 0.717) is 18.4 Å². The molecule has 0 N–H and O–H groups in total. The van der Waals surface area contributed by atoms with E-state index in [1.807, 2.05) is 0 Å². The maximum atomic E-state index is 13.5. The molecular weight excluding hydrogens is 265 g/mol. The average molecular weight is 271 g/mol. The molecule has 0 radical (unpaired) electrons. The number of rotatable bonds is 2. The largest absolute Gasteiger partial charge is 0.298 e. The second kappa shape index (κ2) is 4.82. The molecule has 18 heavy (non-hydrogen) atoms. The molecule has 0 aliphatic heterocycles. The molecule has 0 bridgehead atoms. The van der Waals surface area contributed by atoms with E-state index < -0.39 is 17.5 Å². The van der Waals surface area contributed by atoms with Crippen LogP contribution in [0.3, 0.4) is 0 Å². The Bertz CT molecular complexity index is 603. The van der Waals surface area contributed by atoms with Crippen LogP contribution in [0.5, 0.6) is 0 Å². The van der Waals surface area contributed by atoms with Crippen molar-refractivity contribution in [2.45, 2.75) is 0 Å². The van der Waals surface area contributed by atoms with Gasteiger partial charge in [0.2, 0.25) is 0 Å². The summed E-state index contributed by atoms with van der Waals surface area (Å²) in [5.74, 6) is -3.05. The number of hydrogen-bond donors (Lipinski definition) is 0. The van der Waals surface area contributed by atoms with Crippen LogP contribution in [0.4, 0.5) is 13.2 Å². The lowest BCUT2D eigenvalue weighted by molar-refractivity contribution is 0.112. The van der Waals surface area contributed by atoms with Gasteiger partial charge in [-0.05, 0) is 17.7 Å². The Kier molecular flexibility index (Phi) is 3.39. The molecule has 0 spiro atoms. The monoisotopic (exact) mass is 270 g/mol. The highest BCUT2D eigenvalue weighted by molar-refractivity contribution is 6.33. The molecule has 1 nitrogen and oxygen atoms in total. The molecule has 0 heterocycles. The van der Waals surface area contributed by atoms with Crippen molar-refractivity contribution in [3.05, 3.63) is 58.4 Å². The van der Waals surface area contributed by atoms with Gasteiger partial charge in [0, 0.05) is 17.7 Å². The molecule has 0 atom stereocenters. The Morgan fingerprint density at radius 1 is 1.00 bits per heavy atom. The smallest absolute Gasteiger partial charge is 0.151 e. The van der Waals surface area contributed by atoms with Gasteiger partial charge in [0.15, 0.2) is 6.29 Å². The lowest BCUT2D eigenvalue weighted by atomic mass is 10.0. The van der Waals surface area contributed by atoms with Crippen molar-refractivity contribution in [3.8, 4) is 11.1 Å². The summed E-state index contributed by atoms with van der Waals surface area (Å²) in [7, 11) is 0. The fourth-order valence-corrected chi connectivity index (χ4v) is 1.82. The molecule has 0 aromatic heterocycles. The van der Waals surface area contributed by atoms with Crippen LogP contribution in [0.15, 0.2) is 30.3 Å². The van der Waals surface area contributed by atoms with Crippen LogP contribution in [0.25, 0.3) is 11.1 Å². The van der Waals surface area contributed by atoms with E-state index in [4.69, 9.17) is 11.6 Å². The number of hydrogen-bond acceptors (Lipinski definition) is 1. The third-order valence-corrected chi connectivity index (χ3v) is 2.75. The van der Waals surface area contributed by atoms with Crippen molar-refractivity contribution >= 4 is 17.9 Å². The van der Waals surface area contributed by atoms with Crippen LogP contribution >= 0.6 is 11.6 Å². The van der Waals surface area contributed by atoms with Gasteiger partial charge in [0.05, 0.1) is 10.6 Å². The molecule has 0 aliphatic carbocycles. The van der Waals surface area contributed by atoms with Crippen molar-refractivity contribution in [2.75, 3.05) is 0 Å². The summed E-state index contributed by atoms with van der Waals surface area (Å²) in [6, 6.07) is 5.10. The van der Waals surface area contributed by atoms with Crippen molar-refractivity contribution in [1.29, 1.82) is 0 Å². The fourth-order valence-electron chi connectivity index (χ4n) is 1.60. The van der Waals surface area contributed by atoms with Gasteiger partial charge < -0.3 is 0 Å². The van der Waals surface area contributed by atoms with Crippen LogP contribution in [0.1, 0.15) is 10.4 Å². The van der Waals surface area contributed by atoms with Gasteiger partial charge in [-0.2, -0.15) is 0 Å². The molecule has 92 valence electrons. The fraction of sp³-hybridized carbons (Fsp3) is 0. The zero-order valence-corrected chi connectivity index (χ0v) is 9.64. The van der Waals surface area contributed by atoms with Gasteiger partial charge in [-0.3, -0.25) is 4.79 Å². The summed E-state index contributed by atoms with van der Waals surface area (Å²) >= 11 is 5.77. The molecular formula is C13H6ClF3O. The third-order valence-electron chi connectivity index (χ3n) is 2.42. The molecule has 0 amide bonds. The molecule has 2 aromatic rings. The first-order chi connectivity index (χ1) is 8.52. The van der Waals surface area contributed by atoms with E-state index in [0.717, 1.165) is 0 Å². The molecule has 0 aliphatic rings. The van der Waals surface area contributed by atoms with Gasteiger partial charge in [-0.1, -0.05) is 17.7 Å². The SMILES string of the molecule is O=Cc1ccc(-c2c(F)cc(F)cc2F)cc1Cl. The first-order valence-corrected chi connectivity index (χ1v) is 5.30. The Balaban J connectivity index is 2.62. The number of halogens is 4. The highest BCUT2D eigenvalue weighted by atomic mass is 35.5. The maximum absolute atomic E-state index is 13.5. The number of benzene rings is 2. The minimum Gasteiger partial charge on any atom is -0.298 e. The lowest BCUT2D eigenvalue weighted by Gasteiger charge is -2.07. The van der Waals surface area contributed by atoms with Crippen LogP contribution in [-0.2, 0) is 0 Å². The minimum atomic E-state index is -1.03. The highest BCUT2D eigenvalue weighted by Gasteiger charge is 2.14. The van der Waals surface area contributed by atoms with Crippen molar-refractivity contribution in [2.24, 2.45) is 0 Å². The average Bonchev–Trinajstić information content (AvgIpc) is 2.27. The summed E-state index contributed by atoms with van der Waals surface area (Å²) in [5, 5.41) is 0.0747. The molecule has 2 aromatic carbocycles. The third kappa shape index (κ3) is 2.24. The highest BCUT2D eigenvalue weighted by Crippen LogP contribution is 2.29. The van der Waals surface area contributed by atoms with Gasteiger partial charge in [-0.15, -0.1) is 0 Å². The quantitative estimate of drug-likeness (QED) is 0.746. The van der Waals surface area contributed by atoms with Gasteiger partial charge in [-0.25, -0.2) is 13.2 Å². The first-order valence-electron chi connectivity index (χ1n) is 4.92. The summed E-state index contributed by atoms with van der Waals surface area (Å²) in [5.41, 5.74) is -0.0281. The van der Waals surface area contributed by atoms with Crippen LogP contribution in [0.2, 0.25) is 5.02 Å². The second-order valence-electron chi connectivity index (χ2n) is 3.60.